The van der Waals surface area contributed by atoms with Crippen LogP contribution in [0.2, 0.25) is 0 Å². The van der Waals surface area contributed by atoms with Crippen molar-refractivity contribution in [1.29, 1.82) is 0 Å². The van der Waals surface area contributed by atoms with Crippen LogP contribution in [0.4, 0.5) is 0 Å². The Labute approximate surface area is 162 Å². The first-order valence-electron chi connectivity index (χ1n) is 8.80. The van der Waals surface area contributed by atoms with E-state index in [4.69, 9.17) is 14.2 Å². The molecule has 2 aromatic carbocycles. The summed E-state index contributed by atoms with van der Waals surface area (Å²) in [5.74, 6) is 2.02. The summed E-state index contributed by atoms with van der Waals surface area (Å²) in [6.45, 7) is 0. The number of H-pyrrole nitrogens is 1. The van der Waals surface area contributed by atoms with E-state index in [2.05, 4.69) is 10.2 Å². The van der Waals surface area contributed by atoms with Crippen LogP contribution >= 0.6 is 0 Å². The van der Waals surface area contributed by atoms with Crippen molar-refractivity contribution in [3.63, 3.8) is 0 Å². The fourth-order valence-electron chi connectivity index (χ4n) is 3.65. The smallest absolute Gasteiger partial charge is 0.272 e. The second-order valence-electron chi connectivity index (χ2n) is 6.52. The number of aromatic nitrogens is 2. The average molecular weight is 379 g/mol. The van der Waals surface area contributed by atoms with Crippen LogP contribution in [0.15, 0.2) is 42.5 Å². The fourth-order valence-corrected chi connectivity index (χ4v) is 3.65. The molecule has 2 heterocycles. The number of carbonyl (C=O) groups excluding carboxylic acids is 1. The normalized spacial score (nSPS) is 15.5. The van der Waals surface area contributed by atoms with Gasteiger partial charge in [0.05, 0.1) is 33.1 Å². The molecule has 1 aliphatic heterocycles. The summed E-state index contributed by atoms with van der Waals surface area (Å²) in [7, 11) is 6.63. The number of fused-ring (bicyclic) bond motifs is 1. The number of hydrogen-bond donors (Lipinski definition) is 1. The van der Waals surface area contributed by atoms with Gasteiger partial charge in [-0.3, -0.25) is 9.89 Å². The first kappa shape index (κ1) is 17.9. The Hall–Kier alpha value is -3.48. The minimum Gasteiger partial charge on any atom is -0.497 e. The van der Waals surface area contributed by atoms with E-state index in [1.807, 2.05) is 42.5 Å². The highest BCUT2D eigenvalue weighted by molar-refractivity contribution is 6.00. The molecule has 0 fully saturated rings. The van der Waals surface area contributed by atoms with E-state index >= 15 is 0 Å². The second kappa shape index (κ2) is 6.92. The van der Waals surface area contributed by atoms with Crippen LogP contribution in [0.3, 0.4) is 0 Å². The maximum Gasteiger partial charge on any atom is 0.272 e. The molecule has 0 aliphatic carbocycles. The lowest BCUT2D eigenvalue weighted by Crippen LogP contribution is -2.25. The first-order valence-corrected chi connectivity index (χ1v) is 8.80. The van der Waals surface area contributed by atoms with E-state index in [-0.39, 0.29) is 11.9 Å². The highest BCUT2D eigenvalue weighted by atomic mass is 16.5. The van der Waals surface area contributed by atoms with Gasteiger partial charge in [0.25, 0.3) is 5.91 Å². The maximum atomic E-state index is 12.8. The molecule has 3 aromatic rings. The van der Waals surface area contributed by atoms with Crippen molar-refractivity contribution < 1.29 is 19.0 Å². The number of nitrogens with zero attached hydrogens (tertiary/aromatic N) is 2. The topological polar surface area (TPSA) is 76.7 Å². The molecule has 7 nitrogen and oxygen atoms in total. The molecular formula is C21H21N3O4. The minimum absolute atomic E-state index is 0.114. The van der Waals surface area contributed by atoms with Crippen LogP contribution in [-0.4, -0.2) is 49.4 Å². The van der Waals surface area contributed by atoms with Gasteiger partial charge in [-0.2, -0.15) is 5.10 Å². The van der Waals surface area contributed by atoms with Crippen molar-refractivity contribution in [2.75, 3.05) is 28.4 Å². The molecule has 1 amide bonds. The molecule has 0 unspecified atom stereocenters. The first-order chi connectivity index (χ1) is 13.6. The second-order valence-corrected chi connectivity index (χ2v) is 6.52. The number of amides is 1. The predicted molar refractivity (Wildman–Crippen MR) is 104 cm³/mol. The Morgan fingerprint density at radius 1 is 0.964 bits per heavy atom. The fraction of sp³-hybridized carbons (Fsp3) is 0.238. The highest BCUT2D eigenvalue weighted by Crippen LogP contribution is 2.45. The Morgan fingerprint density at radius 2 is 1.64 bits per heavy atom. The van der Waals surface area contributed by atoms with E-state index in [1.54, 1.807) is 33.3 Å². The Bertz CT molecular complexity index is 1030. The zero-order chi connectivity index (χ0) is 19.8. The van der Waals surface area contributed by atoms with Gasteiger partial charge in [0, 0.05) is 23.7 Å². The lowest BCUT2D eigenvalue weighted by atomic mass is 9.95. The molecule has 0 spiro atoms. The third-order valence-corrected chi connectivity index (χ3v) is 5.09. The number of benzene rings is 2. The van der Waals surface area contributed by atoms with E-state index in [9.17, 15) is 4.79 Å². The number of methoxy groups -OCH3 is 3. The summed E-state index contributed by atoms with van der Waals surface area (Å²) >= 11 is 0. The molecule has 144 valence electrons. The molecule has 1 aromatic heterocycles. The number of hydrogen-bond acceptors (Lipinski definition) is 5. The van der Waals surface area contributed by atoms with Crippen molar-refractivity contribution in [1.82, 2.24) is 15.1 Å². The zero-order valence-corrected chi connectivity index (χ0v) is 16.1. The number of aromatic amines is 1. The van der Waals surface area contributed by atoms with Crippen LogP contribution in [-0.2, 0) is 0 Å². The summed E-state index contributed by atoms with van der Waals surface area (Å²) < 4.78 is 16.2. The molecule has 1 atom stereocenters. The number of carbonyl (C=O) groups is 1. The number of rotatable bonds is 5. The van der Waals surface area contributed by atoms with Gasteiger partial charge in [-0.25, -0.2) is 0 Å². The van der Waals surface area contributed by atoms with Crippen molar-refractivity contribution >= 4 is 5.91 Å². The molecule has 28 heavy (non-hydrogen) atoms. The van der Waals surface area contributed by atoms with Crippen molar-refractivity contribution in [2.45, 2.75) is 6.04 Å². The van der Waals surface area contributed by atoms with Gasteiger partial charge < -0.3 is 19.1 Å². The van der Waals surface area contributed by atoms with Gasteiger partial charge >= 0.3 is 0 Å². The molecule has 0 saturated carbocycles. The van der Waals surface area contributed by atoms with Crippen LogP contribution in [0, 0.1) is 0 Å². The van der Waals surface area contributed by atoms with Crippen molar-refractivity contribution in [3.05, 3.63) is 59.3 Å². The van der Waals surface area contributed by atoms with Gasteiger partial charge in [-0.05, 0) is 42.5 Å². The van der Waals surface area contributed by atoms with Gasteiger partial charge in [0.2, 0.25) is 0 Å². The summed E-state index contributed by atoms with van der Waals surface area (Å²) in [6, 6.07) is 12.8. The molecule has 1 aliphatic rings. The predicted octanol–water partition coefficient (Wildman–Crippen LogP) is 3.28. The van der Waals surface area contributed by atoms with Crippen LogP contribution < -0.4 is 14.2 Å². The highest BCUT2D eigenvalue weighted by Gasteiger charge is 2.41. The molecule has 7 heteroatoms. The monoisotopic (exact) mass is 379 g/mol. The quantitative estimate of drug-likeness (QED) is 0.736. The standard InChI is InChI=1S/C21H21N3O4/c1-24-20(15-11-14(27-3)9-10-16(15)28-4)17-18(22-23-19(17)21(24)25)12-5-7-13(26-2)8-6-12/h5-11,20H,1-4H3,(H,22,23)/t20-/m0/s1. The summed E-state index contributed by atoms with van der Waals surface area (Å²) in [5.41, 5.74) is 3.78. The molecule has 0 saturated heterocycles. The summed E-state index contributed by atoms with van der Waals surface area (Å²) in [5, 5.41) is 7.35. The number of ether oxygens (including phenoxy) is 3. The van der Waals surface area contributed by atoms with Gasteiger partial charge in [0.1, 0.15) is 22.9 Å². The Balaban J connectivity index is 1.89. The largest absolute Gasteiger partial charge is 0.497 e. The van der Waals surface area contributed by atoms with Crippen LogP contribution in [0.25, 0.3) is 11.3 Å². The minimum atomic E-state index is -0.344. The Morgan fingerprint density at radius 3 is 2.29 bits per heavy atom. The van der Waals surface area contributed by atoms with Crippen molar-refractivity contribution in [2.24, 2.45) is 0 Å². The van der Waals surface area contributed by atoms with E-state index in [0.29, 0.717) is 17.2 Å². The zero-order valence-electron chi connectivity index (χ0n) is 16.1. The third kappa shape index (κ3) is 2.67. The number of nitrogens with one attached hydrogen (secondary N) is 1. The van der Waals surface area contributed by atoms with Crippen molar-refractivity contribution in [3.8, 4) is 28.5 Å². The summed E-state index contributed by atoms with van der Waals surface area (Å²) in [4.78, 5) is 14.5. The third-order valence-electron chi connectivity index (χ3n) is 5.09. The molecule has 4 rings (SSSR count). The SMILES string of the molecule is COc1ccc(-c2n[nH]c3c2[C@H](c2cc(OC)ccc2OC)N(C)C3=O)cc1. The lowest BCUT2D eigenvalue weighted by molar-refractivity contribution is 0.0786. The van der Waals surface area contributed by atoms with Gasteiger partial charge in [-0.1, -0.05) is 0 Å². The average Bonchev–Trinajstić information content (AvgIpc) is 3.27. The molecule has 1 N–H and O–H groups in total. The van der Waals surface area contributed by atoms with E-state index < -0.39 is 0 Å². The Kier molecular flexibility index (Phi) is 4.43. The summed E-state index contributed by atoms with van der Waals surface area (Å²) in [6.07, 6.45) is 0. The molecule has 0 radical (unpaired) electrons. The maximum absolute atomic E-state index is 12.8. The van der Waals surface area contributed by atoms with E-state index in [0.717, 1.165) is 28.1 Å². The van der Waals surface area contributed by atoms with Gasteiger partial charge in [-0.15, -0.1) is 0 Å². The molecule has 0 bridgehead atoms. The lowest BCUT2D eigenvalue weighted by Gasteiger charge is -2.24. The van der Waals surface area contributed by atoms with Gasteiger partial charge in [0.15, 0.2) is 0 Å². The van der Waals surface area contributed by atoms with Crippen LogP contribution in [0.1, 0.15) is 27.7 Å². The van der Waals surface area contributed by atoms with E-state index in [1.165, 1.54) is 0 Å². The molecular weight excluding hydrogens is 358 g/mol. The van der Waals surface area contributed by atoms with Crippen LogP contribution in [0.5, 0.6) is 17.2 Å².